The van der Waals surface area contributed by atoms with Crippen LogP contribution in [0.1, 0.15) is 18.1 Å². The zero-order chi connectivity index (χ0) is 19.7. The molecule has 2 aromatic carbocycles. The van der Waals surface area contributed by atoms with Crippen LogP contribution in [0.2, 0.25) is 0 Å². The van der Waals surface area contributed by atoms with Gasteiger partial charge < -0.3 is 9.73 Å². The molecule has 0 aliphatic heterocycles. The zero-order valence-corrected chi connectivity index (χ0v) is 15.3. The molecule has 4 aromatic rings. The number of aryl methyl sites for hydroxylation is 1. The average Bonchev–Trinajstić information content (AvgIpc) is 3.09. The number of hydrogen-bond donors (Lipinski definition) is 1. The maximum absolute atomic E-state index is 12.0. The number of rotatable bonds is 4. The van der Waals surface area contributed by atoms with Crippen molar-refractivity contribution in [2.45, 2.75) is 20.4 Å². The minimum atomic E-state index is -0.485. The molecule has 0 aliphatic rings. The first-order valence-electron chi connectivity index (χ1n) is 8.68. The van der Waals surface area contributed by atoms with E-state index in [1.165, 1.54) is 17.8 Å². The zero-order valence-electron chi connectivity index (χ0n) is 15.3. The Morgan fingerprint density at radius 3 is 2.79 bits per heavy atom. The van der Waals surface area contributed by atoms with Crippen LogP contribution in [0.3, 0.4) is 0 Å². The summed E-state index contributed by atoms with van der Waals surface area (Å²) in [5.41, 5.74) is 3.12. The number of nitrogens with one attached hydrogen (secondary N) is 1. The van der Waals surface area contributed by atoms with E-state index in [9.17, 15) is 9.59 Å². The van der Waals surface area contributed by atoms with Gasteiger partial charge in [0.25, 0.3) is 0 Å². The quantitative estimate of drug-likeness (QED) is 0.550. The molecule has 8 heteroatoms. The topological polar surface area (TPSA) is 103 Å². The number of tetrazole rings is 1. The molecule has 8 nitrogen and oxygen atoms in total. The summed E-state index contributed by atoms with van der Waals surface area (Å²) in [6.07, 6.45) is 0. The Bertz CT molecular complexity index is 1240. The van der Waals surface area contributed by atoms with Gasteiger partial charge in [-0.1, -0.05) is 24.3 Å². The van der Waals surface area contributed by atoms with E-state index >= 15 is 0 Å². The van der Waals surface area contributed by atoms with Gasteiger partial charge in [-0.3, -0.25) is 4.79 Å². The number of carbonyl (C=O) groups is 1. The van der Waals surface area contributed by atoms with Crippen molar-refractivity contribution in [3.8, 4) is 11.4 Å². The van der Waals surface area contributed by atoms with Crippen molar-refractivity contribution < 1.29 is 9.21 Å². The molecule has 0 bridgehead atoms. The van der Waals surface area contributed by atoms with Crippen molar-refractivity contribution in [2.24, 2.45) is 0 Å². The van der Waals surface area contributed by atoms with Crippen LogP contribution < -0.4 is 10.9 Å². The Balaban J connectivity index is 1.69. The van der Waals surface area contributed by atoms with E-state index in [2.05, 4.69) is 20.7 Å². The average molecular weight is 375 g/mol. The maximum Gasteiger partial charge on any atom is 0.336 e. The van der Waals surface area contributed by atoms with Crippen LogP contribution in [0.5, 0.6) is 0 Å². The first-order chi connectivity index (χ1) is 13.5. The molecule has 2 aromatic heterocycles. The Kier molecular flexibility index (Phi) is 4.44. The molecule has 1 N–H and O–H groups in total. The molecular formula is C20H17N5O3. The molecule has 28 heavy (non-hydrogen) atoms. The van der Waals surface area contributed by atoms with Gasteiger partial charge in [0, 0.05) is 35.7 Å². The first-order valence-corrected chi connectivity index (χ1v) is 8.68. The third-order valence-electron chi connectivity index (χ3n) is 4.30. The highest BCUT2D eigenvalue weighted by Gasteiger charge is 2.12. The van der Waals surface area contributed by atoms with E-state index in [1.54, 1.807) is 18.2 Å². The van der Waals surface area contributed by atoms with E-state index in [1.807, 2.05) is 31.2 Å². The second kappa shape index (κ2) is 7.07. The standard InChI is InChI=1S/C20H17N5O3/c1-12-5-3-4-6-16(12)20-22-24-25(23-20)11-14-9-19(27)28-18-10-15(21-13(2)26)7-8-17(14)18/h3-10H,11H2,1-2H3,(H,21,26). The summed E-state index contributed by atoms with van der Waals surface area (Å²) in [6, 6.07) is 14.4. The largest absolute Gasteiger partial charge is 0.423 e. The summed E-state index contributed by atoms with van der Waals surface area (Å²) in [7, 11) is 0. The van der Waals surface area contributed by atoms with E-state index in [4.69, 9.17) is 4.42 Å². The van der Waals surface area contributed by atoms with Gasteiger partial charge in [-0.2, -0.15) is 4.80 Å². The number of amides is 1. The SMILES string of the molecule is CC(=O)Nc1ccc2c(Cn3nnc(-c4ccccc4C)n3)cc(=O)oc2c1. The Labute approximate surface area is 159 Å². The molecule has 0 aliphatic carbocycles. The fraction of sp³-hybridized carbons (Fsp3) is 0.150. The fourth-order valence-electron chi connectivity index (χ4n) is 3.04. The molecule has 0 radical (unpaired) electrons. The molecule has 0 spiro atoms. The molecular weight excluding hydrogens is 358 g/mol. The molecule has 2 heterocycles. The fourth-order valence-corrected chi connectivity index (χ4v) is 3.04. The lowest BCUT2D eigenvalue weighted by atomic mass is 10.1. The van der Waals surface area contributed by atoms with Crippen LogP contribution in [0, 0.1) is 6.92 Å². The van der Waals surface area contributed by atoms with Gasteiger partial charge >= 0.3 is 5.63 Å². The van der Waals surface area contributed by atoms with E-state index < -0.39 is 5.63 Å². The summed E-state index contributed by atoms with van der Waals surface area (Å²) < 4.78 is 5.28. The summed E-state index contributed by atoms with van der Waals surface area (Å²) >= 11 is 0. The van der Waals surface area contributed by atoms with Crippen LogP contribution in [-0.4, -0.2) is 26.1 Å². The normalized spacial score (nSPS) is 10.9. The third kappa shape index (κ3) is 3.52. The van der Waals surface area contributed by atoms with Gasteiger partial charge in [0.1, 0.15) is 5.58 Å². The van der Waals surface area contributed by atoms with Gasteiger partial charge in [0.15, 0.2) is 0 Å². The van der Waals surface area contributed by atoms with Gasteiger partial charge in [-0.05, 0) is 35.4 Å². The van der Waals surface area contributed by atoms with Crippen molar-refractivity contribution in [3.05, 3.63) is 70.1 Å². The van der Waals surface area contributed by atoms with Crippen LogP contribution >= 0.6 is 0 Å². The number of hydrogen-bond acceptors (Lipinski definition) is 6. The Morgan fingerprint density at radius 1 is 1.18 bits per heavy atom. The molecule has 0 atom stereocenters. The predicted molar refractivity (Wildman–Crippen MR) is 104 cm³/mol. The van der Waals surface area contributed by atoms with Crippen molar-refractivity contribution in [1.29, 1.82) is 0 Å². The summed E-state index contributed by atoms with van der Waals surface area (Å²) in [5, 5.41) is 16.1. The van der Waals surface area contributed by atoms with E-state index in [0.717, 1.165) is 16.5 Å². The number of anilines is 1. The van der Waals surface area contributed by atoms with Crippen LogP contribution in [0.25, 0.3) is 22.4 Å². The maximum atomic E-state index is 12.0. The molecule has 0 fully saturated rings. The predicted octanol–water partition coefficient (Wildman–Crippen LogP) is 2.76. The molecule has 4 rings (SSSR count). The Hall–Kier alpha value is -3.81. The first kappa shape index (κ1) is 17.6. The second-order valence-corrected chi connectivity index (χ2v) is 6.44. The highest BCUT2D eigenvalue weighted by molar-refractivity contribution is 5.92. The van der Waals surface area contributed by atoms with E-state index in [-0.39, 0.29) is 12.5 Å². The molecule has 0 saturated carbocycles. The smallest absolute Gasteiger partial charge is 0.336 e. The third-order valence-corrected chi connectivity index (χ3v) is 4.30. The minimum Gasteiger partial charge on any atom is -0.423 e. The van der Waals surface area contributed by atoms with Crippen LogP contribution in [0.4, 0.5) is 5.69 Å². The number of aromatic nitrogens is 4. The second-order valence-electron chi connectivity index (χ2n) is 6.44. The van der Waals surface area contributed by atoms with Crippen LogP contribution in [0.15, 0.2) is 57.7 Å². The van der Waals surface area contributed by atoms with Crippen molar-refractivity contribution >= 4 is 22.6 Å². The minimum absolute atomic E-state index is 0.201. The summed E-state index contributed by atoms with van der Waals surface area (Å²) in [6.45, 7) is 3.66. The lowest BCUT2D eigenvalue weighted by Gasteiger charge is -2.07. The lowest BCUT2D eigenvalue weighted by Crippen LogP contribution is -2.09. The molecule has 0 saturated heterocycles. The molecule has 1 amide bonds. The number of carbonyl (C=O) groups excluding carboxylic acids is 1. The number of nitrogens with zero attached hydrogens (tertiary/aromatic N) is 4. The van der Waals surface area contributed by atoms with Gasteiger partial charge in [0.2, 0.25) is 11.7 Å². The van der Waals surface area contributed by atoms with Crippen molar-refractivity contribution in [1.82, 2.24) is 20.2 Å². The summed E-state index contributed by atoms with van der Waals surface area (Å²) in [4.78, 5) is 24.7. The molecule has 140 valence electrons. The van der Waals surface area contributed by atoms with Gasteiger partial charge in [0.05, 0.1) is 6.54 Å². The molecule has 0 unspecified atom stereocenters. The lowest BCUT2D eigenvalue weighted by molar-refractivity contribution is -0.114. The van der Waals surface area contributed by atoms with Crippen LogP contribution in [-0.2, 0) is 11.3 Å². The highest BCUT2D eigenvalue weighted by Crippen LogP contribution is 2.22. The Morgan fingerprint density at radius 2 is 2.00 bits per heavy atom. The van der Waals surface area contributed by atoms with Crippen molar-refractivity contribution in [3.63, 3.8) is 0 Å². The summed E-state index contributed by atoms with van der Waals surface area (Å²) in [5.74, 6) is 0.326. The number of fused-ring (bicyclic) bond motifs is 1. The van der Waals surface area contributed by atoms with Gasteiger partial charge in [-0.15, -0.1) is 10.2 Å². The highest BCUT2D eigenvalue weighted by atomic mass is 16.4. The van der Waals surface area contributed by atoms with E-state index in [0.29, 0.717) is 22.7 Å². The monoisotopic (exact) mass is 375 g/mol. The number of benzene rings is 2. The van der Waals surface area contributed by atoms with Gasteiger partial charge in [-0.25, -0.2) is 4.79 Å². The van der Waals surface area contributed by atoms with Crippen molar-refractivity contribution in [2.75, 3.05) is 5.32 Å².